The summed E-state index contributed by atoms with van der Waals surface area (Å²) in [6.07, 6.45) is -3.08. The van der Waals surface area contributed by atoms with Gasteiger partial charge in [-0.05, 0) is 23.9 Å². The molecular formula is C11H6F5NO2S. The summed E-state index contributed by atoms with van der Waals surface area (Å²) >= 11 is -0.738. The van der Waals surface area contributed by atoms with Crippen molar-refractivity contribution in [2.45, 2.75) is 16.8 Å². The Bertz CT molecular complexity index is 565. The molecule has 0 amide bonds. The Morgan fingerprint density at radius 3 is 2.40 bits per heavy atom. The van der Waals surface area contributed by atoms with E-state index in [0.717, 1.165) is 7.11 Å². The second-order valence-corrected chi connectivity index (χ2v) is 4.50. The van der Waals surface area contributed by atoms with Crippen molar-refractivity contribution in [3.63, 3.8) is 0 Å². The van der Waals surface area contributed by atoms with Gasteiger partial charge in [0, 0.05) is 10.5 Å². The standard InChI is InChI=1S/C11H6F5NO2S/c1-19-10(18)6-2-5(9(12)13)3-8(7(6)4-17)20-11(14,15)16/h2-3,9H,1H3. The molecular weight excluding hydrogens is 305 g/mol. The van der Waals surface area contributed by atoms with Crippen molar-refractivity contribution in [2.75, 3.05) is 7.11 Å². The topological polar surface area (TPSA) is 50.1 Å². The van der Waals surface area contributed by atoms with E-state index in [2.05, 4.69) is 4.74 Å². The molecule has 0 aliphatic rings. The molecule has 1 aromatic rings. The molecule has 20 heavy (non-hydrogen) atoms. The second-order valence-electron chi connectivity index (χ2n) is 3.39. The van der Waals surface area contributed by atoms with Gasteiger partial charge in [-0.1, -0.05) is 0 Å². The van der Waals surface area contributed by atoms with Gasteiger partial charge in [-0.15, -0.1) is 0 Å². The van der Waals surface area contributed by atoms with Crippen LogP contribution in [0.1, 0.15) is 27.9 Å². The third kappa shape index (κ3) is 3.84. The Morgan fingerprint density at radius 2 is 2.00 bits per heavy atom. The molecule has 1 aromatic carbocycles. The monoisotopic (exact) mass is 311 g/mol. The highest BCUT2D eigenvalue weighted by Gasteiger charge is 2.32. The normalized spacial score (nSPS) is 11.3. The summed E-state index contributed by atoms with van der Waals surface area (Å²) < 4.78 is 66.6. The van der Waals surface area contributed by atoms with E-state index in [1.807, 2.05) is 0 Å². The highest BCUT2D eigenvalue weighted by atomic mass is 32.2. The maximum Gasteiger partial charge on any atom is 0.446 e. The lowest BCUT2D eigenvalue weighted by Crippen LogP contribution is -2.08. The number of halogens is 5. The number of nitriles is 1. The largest absolute Gasteiger partial charge is 0.465 e. The molecule has 0 heterocycles. The Balaban J connectivity index is 3.52. The van der Waals surface area contributed by atoms with E-state index < -0.39 is 51.3 Å². The van der Waals surface area contributed by atoms with E-state index in [-0.39, 0.29) is 0 Å². The number of ether oxygens (including phenoxy) is 1. The summed E-state index contributed by atoms with van der Waals surface area (Å²) in [7, 11) is 0.926. The van der Waals surface area contributed by atoms with E-state index in [1.54, 1.807) is 0 Å². The van der Waals surface area contributed by atoms with Crippen molar-refractivity contribution in [1.29, 1.82) is 5.26 Å². The van der Waals surface area contributed by atoms with Crippen LogP contribution < -0.4 is 0 Å². The molecule has 0 bridgehead atoms. The number of carbonyl (C=O) groups is 1. The highest BCUT2D eigenvalue weighted by molar-refractivity contribution is 8.00. The van der Waals surface area contributed by atoms with Gasteiger partial charge in [0.1, 0.15) is 6.07 Å². The molecule has 0 aliphatic heterocycles. The van der Waals surface area contributed by atoms with Crippen LogP contribution in [0.4, 0.5) is 22.0 Å². The number of esters is 1. The average molecular weight is 311 g/mol. The fourth-order valence-corrected chi connectivity index (χ4v) is 2.06. The number of alkyl halides is 5. The first kappa shape index (κ1) is 16.2. The number of hydrogen-bond acceptors (Lipinski definition) is 4. The molecule has 0 saturated carbocycles. The van der Waals surface area contributed by atoms with Crippen LogP contribution >= 0.6 is 11.8 Å². The van der Waals surface area contributed by atoms with E-state index >= 15 is 0 Å². The van der Waals surface area contributed by atoms with Crippen molar-refractivity contribution in [1.82, 2.24) is 0 Å². The SMILES string of the molecule is COC(=O)c1cc(C(F)F)cc(SC(F)(F)F)c1C#N. The van der Waals surface area contributed by atoms with E-state index in [1.165, 1.54) is 6.07 Å². The zero-order valence-electron chi connectivity index (χ0n) is 9.79. The molecule has 0 aromatic heterocycles. The molecule has 3 nitrogen and oxygen atoms in total. The summed E-state index contributed by atoms with van der Waals surface area (Å²) in [4.78, 5) is 10.6. The number of nitrogens with zero attached hydrogens (tertiary/aromatic N) is 1. The van der Waals surface area contributed by atoms with Crippen molar-refractivity contribution in [3.8, 4) is 6.07 Å². The quantitative estimate of drug-likeness (QED) is 0.483. The summed E-state index contributed by atoms with van der Waals surface area (Å²) in [6, 6.07) is 2.59. The minimum Gasteiger partial charge on any atom is -0.465 e. The van der Waals surface area contributed by atoms with Gasteiger partial charge in [0.2, 0.25) is 0 Å². The summed E-state index contributed by atoms with van der Waals surface area (Å²) in [5.41, 5.74) is -6.85. The maximum atomic E-state index is 12.6. The Kier molecular flexibility index (Phi) is 4.94. The van der Waals surface area contributed by atoms with Crippen LogP contribution in [0.15, 0.2) is 17.0 Å². The minimum absolute atomic E-state index is 0.536. The number of benzene rings is 1. The molecule has 9 heteroatoms. The number of carbonyl (C=O) groups excluding carboxylic acids is 1. The molecule has 0 fully saturated rings. The Morgan fingerprint density at radius 1 is 1.40 bits per heavy atom. The van der Waals surface area contributed by atoms with Crippen molar-refractivity contribution in [3.05, 3.63) is 28.8 Å². The first-order valence-corrected chi connectivity index (χ1v) is 5.71. The van der Waals surface area contributed by atoms with E-state index in [9.17, 15) is 26.7 Å². The van der Waals surface area contributed by atoms with Crippen molar-refractivity contribution >= 4 is 17.7 Å². The lowest BCUT2D eigenvalue weighted by Gasteiger charge is -2.12. The fourth-order valence-electron chi connectivity index (χ4n) is 1.35. The molecule has 0 spiro atoms. The Hall–Kier alpha value is -1.82. The molecule has 108 valence electrons. The predicted molar refractivity (Wildman–Crippen MR) is 59.4 cm³/mol. The summed E-state index contributed by atoms with van der Waals surface area (Å²) in [5, 5.41) is 8.84. The van der Waals surface area contributed by atoms with Crippen LogP contribution in [-0.4, -0.2) is 18.6 Å². The van der Waals surface area contributed by atoms with Gasteiger partial charge in [-0.2, -0.15) is 18.4 Å². The van der Waals surface area contributed by atoms with Gasteiger partial charge in [0.05, 0.1) is 18.2 Å². The highest BCUT2D eigenvalue weighted by Crippen LogP contribution is 2.41. The zero-order chi connectivity index (χ0) is 15.5. The van der Waals surface area contributed by atoms with Crippen LogP contribution in [0.25, 0.3) is 0 Å². The van der Waals surface area contributed by atoms with Gasteiger partial charge in [-0.3, -0.25) is 0 Å². The molecule has 0 saturated heterocycles. The number of rotatable bonds is 3. The zero-order valence-corrected chi connectivity index (χ0v) is 10.6. The van der Waals surface area contributed by atoms with Gasteiger partial charge in [0.15, 0.2) is 0 Å². The lowest BCUT2D eigenvalue weighted by atomic mass is 10.0. The molecule has 0 N–H and O–H groups in total. The number of thioether (sulfide) groups is 1. The molecule has 0 aliphatic carbocycles. The molecule has 0 unspecified atom stereocenters. The second kappa shape index (κ2) is 6.09. The molecule has 0 radical (unpaired) electrons. The van der Waals surface area contributed by atoms with Crippen LogP contribution in [0.5, 0.6) is 0 Å². The van der Waals surface area contributed by atoms with Crippen LogP contribution in [-0.2, 0) is 4.74 Å². The summed E-state index contributed by atoms with van der Waals surface area (Å²) in [6.45, 7) is 0. The van der Waals surface area contributed by atoms with Gasteiger partial charge < -0.3 is 4.74 Å². The smallest absolute Gasteiger partial charge is 0.446 e. The Labute approximate surface area is 114 Å². The van der Waals surface area contributed by atoms with Crippen molar-refractivity contribution in [2.24, 2.45) is 0 Å². The first-order chi connectivity index (χ1) is 9.19. The van der Waals surface area contributed by atoms with Gasteiger partial charge in [0.25, 0.3) is 6.43 Å². The molecule has 0 atom stereocenters. The minimum atomic E-state index is -4.78. The van der Waals surface area contributed by atoms with Crippen LogP contribution in [0.2, 0.25) is 0 Å². The molecule has 1 rings (SSSR count). The third-order valence-electron chi connectivity index (χ3n) is 2.12. The third-order valence-corrected chi connectivity index (χ3v) is 2.89. The van der Waals surface area contributed by atoms with E-state index in [0.29, 0.717) is 12.1 Å². The first-order valence-electron chi connectivity index (χ1n) is 4.90. The van der Waals surface area contributed by atoms with Crippen LogP contribution in [0.3, 0.4) is 0 Å². The number of hydrogen-bond donors (Lipinski definition) is 0. The van der Waals surface area contributed by atoms with Gasteiger partial charge >= 0.3 is 11.5 Å². The summed E-state index contributed by atoms with van der Waals surface area (Å²) in [5.74, 6) is -1.16. The van der Waals surface area contributed by atoms with E-state index in [4.69, 9.17) is 5.26 Å². The number of methoxy groups -OCH3 is 1. The average Bonchev–Trinajstić information content (AvgIpc) is 2.34. The van der Waals surface area contributed by atoms with Gasteiger partial charge in [-0.25, -0.2) is 13.6 Å². The maximum absolute atomic E-state index is 12.6. The fraction of sp³-hybridized carbons (Fsp3) is 0.273. The van der Waals surface area contributed by atoms with Crippen LogP contribution in [0, 0.1) is 11.3 Å². The predicted octanol–water partition coefficient (Wildman–Crippen LogP) is 3.89. The van der Waals surface area contributed by atoms with Crippen molar-refractivity contribution < 1.29 is 31.5 Å². The lowest BCUT2D eigenvalue weighted by molar-refractivity contribution is -0.0328.